The zero-order chi connectivity index (χ0) is 14.1. The van der Waals surface area contributed by atoms with Gasteiger partial charge in [-0.2, -0.15) is 13.2 Å². The predicted octanol–water partition coefficient (Wildman–Crippen LogP) is 3.80. The molecule has 0 rings (SSSR count). The van der Waals surface area contributed by atoms with Crippen LogP contribution in [-0.4, -0.2) is 19.3 Å². The van der Waals surface area contributed by atoms with Crippen molar-refractivity contribution in [1.29, 1.82) is 0 Å². The molecule has 0 aromatic carbocycles. The van der Waals surface area contributed by atoms with Gasteiger partial charge >= 0.3 is 12.1 Å². The lowest BCUT2D eigenvalue weighted by Crippen LogP contribution is -2.51. The van der Waals surface area contributed by atoms with Crippen LogP contribution >= 0.6 is 0 Å². The number of esters is 1. The van der Waals surface area contributed by atoms with E-state index in [0.717, 1.165) is 7.11 Å². The second-order valence-corrected chi connectivity index (χ2v) is 5.85. The molecule has 5 heteroatoms. The van der Waals surface area contributed by atoms with E-state index >= 15 is 0 Å². The largest absolute Gasteiger partial charge is 0.468 e. The van der Waals surface area contributed by atoms with Gasteiger partial charge in [-0.15, -0.1) is 0 Å². The SMILES string of the molecule is COC(=O)C(CC(C)(C)C)(C(C)C)C(F)(F)F. The number of methoxy groups -OCH3 is 1. The molecule has 0 aliphatic carbocycles. The second kappa shape index (κ2) is 4.86. The Morgan fingerprint density at radius 3 is 1.76 bits per heavy atom. The maximum Gasteiger partial charge on any atom is 0.405 e. The minimum atomic E-state index is -4.61. The van der Waals surface area contributed by atoms with E-state index in [9.17, 15) is 18.0 Å². The Bertz CT molecular complexity index is 276. The van der Waals surface area contributed by atoms with Crippen molar-refractivity contribution in [3.05, 3.63) is 0 Å². The van der Waals surface area contributed by atoms with E-state index in [4.69, 9.17) is 0 Å². The zero-order valence-corrected chi connectivity index (χ0v) is 11.2. The summed E-state index contributed by atoms with van der Waals surface area (Å²) in [7, 11) is 0.994. The highest BCUT2D eigenvalue weighted by atomic mass is 19.4. The quantitative estimate of drug-likeness (QED) is 0.716. The highest BCUT2D eigenvalue weighted by molar-refractivity contribution is 5.78. The molecule has 17 heavy (non-hydrogen) atoms. The standard InChI is InChI=1S/C12H21F3O2/c1-8(2)11(9(16)17-6,12(13,14)15)7-10(3,4)5/h8H,7H2,1-6H3. The first-order valence-corrected chi connectivity index (χ1v) is 5.53. The number of hydrogen-bond donors (Lipinski definition) is 0. The van der Waals surface area contributed by atoms with Crippen LogP contribution in [0, 0.1) is 16.7 Å². The summed E-state index contributed by atoms with van der Waals surface area (Å²) in [5.74, 6) is -2.07. The van der Waals surface area contributed by atoms with E-state index < -0.39 is 28.9 Å². The first-order valence-electron chi connectivity index (χ1n) is 5.53. The van der Waals surface area contributed by atoms with Crippen LogP contribution in [0.1, 0.15) is 41.0 Å². The highest BCUT2D eigenvalue weighted by Crippen LogP contribution is 2.51. The van der Waals surface area contributed by atoms with Crippen molar-refractivity contribution in [2.24, 2.45) is 16.7 Å². The van der Waals surface area contributed by atoms with Gasteiger partial charge in [0, 0.05) is 0 Å². The van der Waals surface area contributed by atoms with Crippen molar-refractivity contribution in [2.75, 3.05) is 7.11 Å². The van der Waals surface area contributed by atoms with Gasteiger partial charge in [-0.3, -0.25) is 4.79 Å². The maximum absolute atomic E-state index is 13.3. The molecule has 0 fully saturated rings. The van der Waals surface area contributed by atoms with Crippen LogP contribution < -0.4 is 0 Å². The van der Waals surface area contributed by atoms with E-state index in [0.29, 0.717) is 0 Å². The summed E-state index contributed by atoms with van der Waals surface area (Å²) in [6, 6.07) is 0. The maximum atomic E-state index is 13.3. The van der Waals surface area contributed by atoms with Gasteiger partial charge in [0.25, 0.3) is 0 Å². The molecule has 0 radical (unpaired) electrons. The fourth-order valence-corrected chi connectivity index (χ4v) is 2.07. The molecule has 0 aromatic heterocycles. The highest BCUT2D eigenvalue weighted by Gasteiger charge is 2.63. The summed E-state index contributed by atoms with van der Waals surface area (Å²) in [5.41, 5.74) is -3.05. The Morgan fingerprint density at radius 1 is 1.18 bits per heavy atom. The number of hydrogen-bond acceptors (Lipinski definition) is 2. The summed E-state index contributed by atoms with van der Waals surface area (Å²) in [5, 5.41) is 0. The molecular formula is C12H21F3O2. The normalized spacial score (nSPS) is 16.8. The van der Waals surface area contributed by atoms with E-state index in [1.807, 2.05) is 0 Å². The molecule has 0 bridgehead atoms. The lowest BCUT2D eigenvalue weighted by molar-refractivity contribution is -0.253. The minimum absolute atomic E-state index is 0.284. The number of carbonyl (C=O) groups is 1. The smallest absolute Gasteiger partial charge is 0.405 e. The van der Waals surface area contributed by atoms with Gasteiger partial charge in [-0.1, -0.05) is 34.6 Å². The fourth-order valence-electron chi connectivity index (χ4n) is 2.07. The molecule has 0 N–H and O–H groups in total. The topological polar surface area (TPSA) is 26.3 Å². The molecule has 1 unspecified atom stereocenters. The molecule has 0 saturated carbocycles. The van der Waals surface area contributed by atoms with Crippen molar-refractivity contribution in [3.63, 3.8) is 0 Å². The van der Waals surface area contributed by atoms with Crippen LogP contribution in [0.4, 0.5) is 13.2 Å². The number of carbonyl (C=O) groups excluding carboxylic acids is 1. The summed E-state index contributed by atoms with van der Waals surface area (Å²) in [6.07, 6.45) is -4.89. The summed E-state index contributed by atoms with van der Waals surface area (Å²) >= 11 is 0. The summed E-state index contributed by atoms with van der Waals surface area (Å²) in [6.45, 7) is 7.84. The van der Waals surface area contributed by atoms with Crippen LogP contribution in [0.3, 0.4) is 0 Å². The van der Waals surface area contributed by atoms with Gasteiger partial charge in [0.1, 0.15) is 0 Å². The van der Waals surface area contributed by atoms with E-state index in [1.54, 1.807) is 20.8 Å². The first-order chi connectivity index (χ1) is 7.38. The fraction of sp³-hybridized carbons (Fsp3) is 0.917. The van der Waals surface area contributed by atoms with Crippen molar-refractivity contribution in [1.82, 2.24) is 0 Å². The van der Waals surface area contributed by atoms with Gasteiger partial charge in [0.15, 0.2) is 5.41 Å². The van der Waals surface area contributed by atoms with Gasteiger partial charge in [-0.05, 0) is 17.8 Å². The van der Waals surface area contributed by atoms with Gasteiger partial charge in [0.05, 0.1) is 7.11 Å². The molecule has 102 valence electrons. The Hall–Kier alpha value is -0.740. The third-order valence-corrected chi connectivity index (χ3v) is 2.85. The first kappa shape index (κ1) is 16.3. The number of rotatable bonds is 3. The van der Waals surface area contributed by atoms with Gasteiger partial charge < -0.3 is 4.74 Å². The van der Waals surface area contributed by atoms with Crippen LogP contribution in [-0.2, 0) is 9.53 Å². The number of ether oxygens (including phenoxy) is 1. The van der Waals surface area contributed by atoms with Crippen LogP contribution in [0.5, 0.6) is 0 Å². The summed E-state index contributed by atoms with van der Waals surface area (Å²) in [4.78, 5) is 11.7. The Labute approximate surface area is 101 Å². The number of alkyl halides is 3. The lowest BCUT2D eigenvalue weighted by Gasteiger charge is -2.40. The number of halogens is 3. The van der Waals surface area contributed by atoms with E-state index in [-0.39, 0.29) is 6.42 Å². The van der Waals surface area contributed by atoms with Crippen molar-refractivity contribution >= 4 is 5.97 Å². The molecule has 2 nitrogen and oxygen atoms in total. The molecule has 0 aliphatic heterocycles. The average Bonchev–Trinajstić information content (AvgIpc) is 2.08. The molecule has 0 heterocycles. The minimum Gasteiger partial charge on any atom is -0.468 e. The molecule has 0 amide bonds. The molecule has 0 saturated heterocycles. The van der Waals surface area contributed by atoms with Gasteiger partial charge in [-0.25, -0.2) is 0 Å². The van der Waals surface area contributed by atoms with Crippen LogP contribution in [0.25, 0.3) is 0 Å². The molecule has 0 aromatic rings. The second-order valence-electron chi connectivity index (χ2n) is 5.85. The Morgan fingerprint density at radius 2 is 1.59 bits per heavy atom. The van der Waals surface area contributed by atoms with Crippen LogP contribution in [0.2, 0.25) is 0 Å². The predicted molar refractivity (Wildman–Crippen MR) is 59.4 cm³/mol. The Balaban J connectivity index is 5.68. The molecular weight excluding hydrogens is 233 g/mol. The monoisotopic (exact) mass is 254 g/mol. The van der Waals surface area contributed by atoms with E-state index in [1.165, 1.54) is 13.8 Å². The third-order valence-electron chi connectivity index (χ3n) is 2.85. The van der Waals surface area contributed by atoms with Crippen molar-refractivity contribution < 1.29 is 22.7 Å². The average molecular weight is 254 g/mol. The molecule has 1 atom stereocenters. The van der Waals surface area contributed by atoms with Crippen LogP contribution in [0.15, 0.2) is 0 Å². The van der Waals surface area contributed by atoms with Crippen molar-refractivity contribution in [2.45, 2.75) is 47.2 Å². The van der Waals surface area contributed by atoms with E-state index in [2.05, 4.69) is 4.74 Å². The van der Waals surface area contributed by atoms with Crippen molar-refractivity contribution in [3.8, 4) is 0 Å². The van der Waals surface area contributed by atoms with Gasteiger partial charge in [0.2, 0.25) is 0 Å². The Kier molecular flexibility index (Phi) is 4.65. The summed E-state index contributed by atoms with van der Waals surface area (Å²) < 4.78 is 44.3. The zero-order valence-electron chi connectivity index (χ0n) is 11.2. The molecule has 0 aliphatic rings. The third kappa shape index (κ3) is 3.36. The molecule has 0 spiro atoms. The lowest BCUT2D eigenvalue weighted by atomic mass is 9.67.